The molecule has 0 spiro atoms. The Labute approximate surface area is 104 Å². The molecule has 1 aromatic carbocycles. The molecule has 3 rings (SSSR count). The van der Waals surface area contributed by atoms with E-state index < -0.39 is 0 Å². The summed E-state index contributed by atoms with van der Waals surface area (Å²) in [5.74, 6) is 0.783. The van der Waals surface area contributed by atoms with Gasteiger partial charge in [0.05, 0.1) is 0 Å². The minimum atomic E-state index is 0.783. The van der Waals surface area contributed by atoms with E-state index in [0.717, 1.165) is 18.5 Å². The van der Waals surface area contributed by atoms with Crippen molar-refractivity contribution in [1.29, 1.82) is 0 Å². The molecule has 1 atom stereocenters. The zero-order valence-electron chi connectivity index (χ0n) is 10.7. The van der Waals surface area contributed by atoms with Crippen molar-refractivity contribution in [2.24, 2.45) is 5.92 Å². The summed E-state index contributed by atoms with van der Waals surface area (Å²) in [6, 6.07) is 9.64. The van der Waals surface area contributed by atoms with Crippen molar-refractivity contribution < 1.29 is 0 Å². The number of fused-ring (bicyclic) bond motifs is 1. The number of hydrogen-bond donors (Lipinski definition) is 1. The number of anilines is 1. The zero-order valence-corrected chi connectivity index (χ0v) is 10.7. The van der Waals surface area contributed by atoms with E-state index in [4.69, 9.17) is 0 Å². The molecule has 2 heteroatoms. The smallest absolute Gasteiger partial charge is 0.0372 e. The summed E-state index contributed by atoms with van der Waals surface area (Å²) < 4.78 is 0. The van der Waals surface area contributed by atoms with Crippen LogP contribution < -0.4 is 5.32 Å². The third-order valence-corrected chi connectivity index (χ3v) is 4.07. The Balaban J connectivity index is 1.63. The highest BCUT2D eigenvalue weighted by molar-refractivity contribution is 5.53. The maximum atomic E-state index is 3.57. The monoisotopic (exact) mass is 230 g/mol. The van der Waals surface area contributed by atoms with Gasteiger partial charge in [-0.2, -0.15) is 0 Å². The molecule has 1 aliphatic carbocycles. The Kier molecular flexibility index (Phi) is 3.06. The fourth-order valence-corrected chi connectivity index (χ4v) is 2.95. The zero-order chi connectivity index (χ0) is 11.7. The standard InChI is InChI=1S/C15H22N2/c1-2-17(14-7-8-14)11-12-9-13-5-3-4-6-15(13)16-10-12/h3-6,12,14,16H,2,7-11H2,1H3. The van der Waals surface area contributed by atoms with Crippen molar-refractivity contribution >= 4 is 5.69 Å². The van der Waals surface area contributed by atoms with E-state index in [1.165, 1.54) is 43.6 Å². The van der Waals surface area contributed by atoms with Crippen LogP contribution in [0.25, 0.3) is 0 Å². The van der Waals surface area contributed by atoms with Crippen LogP contribution in [0.5, 0.6) is 0 Å². The molecule has 0 saturated heterocycles. The summed E-state index contributed by atoms with van der Waals surface area (Å²) in [5.41, 5.74) is 2.84. The molecule has 92 valence electrons. The molecule has 0 bridgehead atoms. The Morgan fingerprint density at radius 1 is 1.29 bits per heavy atom. The number of rotatable bonds is 4. The van der Waals surface area contributed by atoms with Crippen LogP contribution in [-0.2, 0) is 6.42 Å². The predicted molar refractivity (Wildman–Crippen MR) is 72.4 cm³/mol. The van der Waals surface area contributed by atoms with E-state index in [1.54, 1.807) is 0 Å². The molecular weight excluding hydrogens is 208 g/mol. The Morgan fingerprint density at radius 2 is 2.12 bits per heavy atom. The van der Waals surface area contributed by atoms with E-state index >= 15 is 0 Å². The van der Waals surface area contributed by atoms with Crippen LogP contribution in [0.3, 0.4) is 0 Å². The van der Waals surface area contributed by atoms with E-state index in [9.17, 15) is 0 Å². The number of nitrogens with one attached hydrogen (secondary N) is 1. The molecule has 2 aliphatic rings. The van der Waals surface area contributed by atoms with Crippen molar-refractivity contribution in [2.45, 2.75) is 32.2 Å². The molecule has 1 heterocycles. The van der Waals surface area contributed by atoms with Crippen LogP contribution in [-0.4, -0.2) is 30.6 Å². The first-order valence-corrected chi connectivity index (χ1v) is 6.92. The maximum Gasteiger partial charge on any atom is 0.0372 e. The largest absolute Gasteiger partial charge is 0.384 e. The average Bonchev–Trinajstić information content (AvgIpc) is 3.20. The number of para-hydroxylation sites is 1. The Morgan fingerprint density at radius 3 is 2.88 bits per heavy atom. The second kappa shape index (κ2) is 4.69. The molecule has 0 aromatic heterocycles. The lowest BCUT2D eigenvalue weighted by Gasteiger charge is -2.31. The van der Waals surface area contributed by atoms with Crippen LogP contribution in [0.2, 0.25) is 0 Å². The summed E-state index contributed by atoms with van der Waals surface area (Å²) in [5, 5.41) is 3.57. The van der Waals surface area contributed by atoms with Gasteiger partial charge in [-0.3, -0.25) is 0 Å². The highest BCUT2D eigenvalue weighted by Gasteiger charge is 2.30. The molecule has 1 fully saturated rings. The first kappa shape index (κ1) is 11.1. The molecule has 0 amide bonds. The lowest BCUT2D eigenvalue weighted by Crippen LogP contribution is -2.37. The summed E-state index contributed by atoms with van der Waals surface area (Å²) in [7, 11) is 0. The highest BCUT2D eigenvalue weighted by atomic mass is 15.2. The van der Waals surface area contributed by atoms with E-state index in [0.29, 0.717) is 0 Å². The number of hydrogen-bond acceptors (Lipinski definition) is 2. The topological polar surface area (TPSA) is 15.3 Å². The molecule has 1 aromatic rings. The van der Waals surface area contributed by atoms with Crippen molar-refractivity contribution in [2.75, 3.05) is 25.0 Å². The fraction of sp³-hybridized carbons (Fsp3) is 0.600. The maximum absolute atomic E-state index is 3.57. The minimum Gasteiger partial charge on any atom is -0.384 e. The summed E-state index contributed by atoms with van der Waals surface area (Å²) in [4.78, 5) is 2.67. The molecular formula is C15H22N2. The lowest BCUT2D eigenvalue weighted by molar-refractivity contribution is 0.233. The summed E-state index contributed by atoms with van der Waals surface area (Å²) >= 11 is 0. The van der Waals surface area contributed by atoms with Gasteiger partial charge < -0.3 is 10.2 Å². The SMILES string of the molecule is CCN(CC1CNc2ccccc2C1)C1CC1. The second-order valence-electron chi connectivity index (χ2n) is 5.43. The Hall–Kier alpha value is -1.02. The van der Waals surface area contributed by atoms with Gasteiger partial charge >= 0.3 is 0 Å². The molecule has 1 saturated carbocycles. The van der Waals surface area contributed by atoms with Gasteiger partial charge in [0, 0.05) is 24.8 Å². The average molecular weight is 230 g/mol. The van der Waals surface area contributed by atoms with Crippen molar-refractivity contribution in [3.05, 3.63) is 29.8 Å². The lowest BCUT2D eigenvalue weighted by atomic mass is 9.93. The third kappa shape index (κ3) is 2.47. The fourth-order valence-electron chi connectivity index (χ4n) is 2.95. The van der Waals surface area contributed by atoms with Gasteiger partial charge in [-0.1, -0.05) is 25.1 Å². The van der Waals surface area contributed by atoms with E-state index in [-0.39, 0.29) is 0 Å². The van der Waals surface area contributed by atoms with Crippen LogP contribution in [0.15, 0.2) is 24.3 Å². The van der Waals surface area contributed by atoms with Gasteiger partial charge in [-0.25, -0.2) is 0 Å². The van der Waals surface area contributed by atoms with Crippen molar-refractivity contribution in [3.63, 3.8) is 0 Å². The molecule has 2 nitrogen and oxygen atoms in total. The van der Waals surface area contributed by atoms with E-state index in [1.807, 2.05) is 0 Å². The Bertz CT molecular complexity index is 384. The normalized spacial score (nSPS) is 23.3. The van der Waals surface area contributed by atoms with Crippen LogP contribution in [0.1, 0.15) is 25.3 Å². The minimum absolute atomic E-state index is 0.783. The third-order valence-electron chi connectivity index (χ3n) is 4.07. The number of benzene rings is 1. The summed E-state index contributed by atoms with van der Waals surface area (Å²) in [6.45, 7) is 5.91. The van der Waals surface area contributed by atoms with Gasteiger partial charge in [0.25, 0.3) is 0 Å². The first-order chi connectivity index (χ1) is 8.36. The molecule has 0 radical (unpaired) electrons. The first-order valence-electron chi connectivity index (χ1n) is 6.92. The molecule has 1 N–H and O–H groups in total. The van der Waals surface area contributed by atoms with Crippen LogP contribution >= 0.6 is 0 Å². The number of nitrogens with zero attached hydrogens (tertiary/aromatic N) is 1. The van der Waals surface area contributed by atoms with E-state index in [2.05, 4.69) is 41.4 Å². The van der Waals surface area contributed by atoms with Gasteiger partial charge in [0.15, 0.2) is 0 Å². The van der Waals surface area contributed by atoms with Gasteiger partial charge in [-0.05, 0) is 43.4 Å². The van der Waals surface area contributed by atoms with Crippen LogP contribution in [0, 0.1) is 5.92 Å². The van der Waals surface area contributed by atoms with Gasteiger partial charge in [0.2, 0.25) is 0 Å². The van der Waals surface area contributed by atoms with Gasteiger partial charge in [-0.15, -0.1) is 0 Å². The molecule has 1 aliphatic heterocycles. The van der Waals surface area contributed by atoms with Crippen molar-refractivity contribution in [3.8, 4) is 0 Å². The van der Waals surface area contributed by atoms with Crippen LogP contribution in [0.4, 0.5) is 5.69 Å². The van der Waals surface area contributed by atoms with Gasteiger partial charge in [0.1, 0.15) is 0 Å². The second-order valence-corrected chi connectivity index (χ2v) is 5.43. The highest BCUT2D eigenvalue weighted by Crippen LogP contribution is 2.30. The predicted octanol–water partition coefficient (Wildman–Crippen LogP) is 2.76. The summed E-state index contributed by atoms with van der Waals surface area (Å²) in [6.07, 6.45) is 4.08. The molecule has 1 unspecified atom stereocenters. The van der Waals surface area contributed by atoms with Crippen molar-refractivity contribution in [1.82, 2.24) is 4.90 Å². The quantitative estimate of drug-likeness (QED) is 0.855. The molecule has 17 heavy (non-hydrogen) atoms.